The Bertz CT molecular complexity index is 916. The van der Waals surface area contributed by atoms with Gasteiger partial charge in [-0.2, -0.15) is 0 Å². The van der Waals surface area contributed by atoms with E-state index in [0.717, 1.165) is 41.8 Å². The lowest BCUT2D eigenvalue weighted by molar-refractivity contribution is -0.131. The number of aryl methyl sites for hydroxylation is 1. The van der Waals surface area contributed by atoms with E-state index in [9.17, 15) is 9.18 Å². The van der Waals surface area contributed by atoms with Crippen LogP contribution in [0.4, 0.5) is 4.39 Å². The fraction of sp³-hybridized carbons (Fsp3) is 0.300. The molecule has 2 aromatic carbocycles. The Morgan fingerprint density at radius 3 is 2.88 bits per heavy atom. The number of halogens is 1. The highest BCUT2D eigenvalue weighted by atomic mass is 19.1. The summed E-state index contributed by atoms with van der Waals surface area (Å²) in [5, 5.41) is 0. The fourth-order valence-electron chi connectivity index (χ4n) is 3.53. The van der Waals surface area contributed by atoms with E-state index >= 15 is 0 Å². The molecule has 1 aliphatic rings. The molecule has 3 aromatic rings. The molecule has 25 heavy (non-hydrogen) atoms. The minimum atomic E-state index is -0.284. The molecular formula is C20H20FN3O. The van der Waals surface area contributed by atoms with Crippen molar-refractivity contribution in [3.63, 3.8) is 0 Å². The summed E-state index contributed by atoms with van der Waals surface area (Å²) in [5.74, 6) is 0.629. The van der Waals surface area contributed by atoms with Crippen molar-refractivity contribution < 1.29 is 9.18 Å². The minimum Gasteiger partial charge on any atom is -0.340 e. The number of hydrogen-bond donors (Lipinski definition) is 1. The zero-order valence-electron chi connectivity index (χ0n) is 14.1. The molecule has 1 saturated heterocycles. The van der Waals surface area contributed by atoms with Crippen molar-refractivity contribution in [1.29, 1.82) is 0 Å². The second kappa shape index (κ2) is 6.31. The fourth-order valence-corrected chi connectivity index (χ4v) is 3.53. The first kappa shape index (κ1) is 15.8. The number of carbonyl (C=O) groups excluding carboxylic acids is 1. The summed E-state index contributed by atoms with van der Waals surface area (Å²) in [6, 6.07) is 12.2. The number of amides is 1. The molecule has 4 rings (SSSR count). The maximum Gasteiger partial charge on any atom is 0.227 e. The van der Waals surface area contributed by atoms with Crippen LogP contribution < -0.4 is 0 Å². The molecule has 0 spiro atoms. The van der Waals surface area contributed by atoms with E-state index in [0.29, 0.717) is 0 Å². The predicted molar refractivity (Wildman–Crippen MR) is 94.6 cm³/mol. The number of likely N-dealkylation sites (tertiary alicyclic amines) is 1. The molecule has 2 heterocycles. The van der Waals surface area contributed by atoms with Crippen molar-refractivity contribution in [2.45, 2.75) is 32.2 Å². The SMILES string of the molecule is Cc1ccc2nc([C@H]3CCCN3C(=O)Cc3ccc(F)cc3)[nH]c2c1. The van der Waals surface area contributed by atoms with Crippen LogP contribution >= 0.6 is 0 Å². The van der Waals surface area contributed by atoms with E-state index in [1.54, 1.807) is 12.1 Å². The highest BCUT2D eigenvalue weighted by Gasteiger charge is 2.31. The minimum absolute atomic E-state index is 0.0133. The van der Waals surface area contributed by atoms with Crippen molar-refractivity contribution in [3.8, 4) is 0 Å². The zero-order valence-corrected chi connectivity index (χ0v) is 14.1. The molecule has 1 atom stereocenters. The largest absolute Gasteiger partial charge is 0.340 e. The number of aromatic amines is 1. The van der Waals surface area contributed by atoms with Crippen LogP contribution in [0.2, 0.25) is 0 Å². The first-order chi connectivity index (χ1) is 12.1. The first-order valence-corrected chi connectivity index (χ1v) is 8.60. The zero-order chi connectivity index (χ0) is 17.4. The van der Waals surface area contributed by atoms with Crippen molar-refractivity contribution >= 4 is 16.9 Å². The summed E-state index contributed by atoms with van der Waals surface area (Å²) in [4.78, 5) is 22.7. The first-order valence-electron chi connectivity index (χ1n) is 8.60. The number of hydrogen-bond acceptors (Lipinski definition) is 2. The maximum atomic E-state index is 13.0. The Balaban J connectivity index is 1.56. The lowest BCUT2D eigenvalue weighted by Crippen LogP contribution is -2.32. The second-order valence-corrected chi connectivity index (χ2v) is 6.69. The number of nitrogens with one attached hydrogen (secondary N) is 1. The van der Waals surface area contributed by atoms with Gasteiger partial charge in [-0.05, 0) is 55.2 Å². The van der Waals surface area contributed by atoms with Crippen LogP contribution in [-0.2, 0) is 11.2 Å². The molecule has 4 nitrogen and oxygen atoms in total. The van der Waals surface area contributed by atoms with Gasteiger partial charge >= 0.3 is 0 Å². The van der Waals surface area contributed by atoms with Crippen LogP contribution in [0, 0.1) is 12.7 Å². The number of benzene rings is 2. The molecular weight excluding hydrogens is 317 g/mol. The van der Waals surface area contributed by atoms with Crippen LogP contribution in [0.3, 0.4) is 0 Å². The average molecular weight is 337 g/mol. The third-order valence-electron chi connectivity index (χ3n) is 4.81. The monoisotopic (exact) mass is 337 g/mol. The highest BCUT2D eigenvalue weighted by Crippen LogP contribution is 2.32. The van der Waals surface area contributed by atoms with E-state index in [4.69, 9.17) is 0 Å². The van der Waals surface area contributed by atoms with Crippen molar-refractivity contribution in [1.82, 2.24) is 14.9 Å². The molecule has 0 aliphatic carbocycles. The number of rotatable bonds is 3. The van der Waals surface area contributed by atoms with Crippen LogP contribution in [0.15, 0.2) is 42.5 Å². The molecule has 1 N–H and O–H groups in total. The number of nitrogens with zero attached hydrogens (tertiary/aromatic N) is 2. The van der Waals surface area contributed by atoms with Crippen molar-refractivity contribution in [2.24, 2.45) is 0 Å². The summed E-state index contributed by atoms with van der Waals surface area (Å²) < 4.78 is 13.0. The Morgan fingerprint density at radius 2 is 2.08 bits per heavy atom. The second-order valence-electron chi connectivity index (χ2n) is 6.69. The van der Waals surface area contributed by atoms with Crippen LogP contribution in [0.5, 0.6) is 0 Å². The molecule has 128 valence electrons. The number of imidazole rings is 1. The standard InChI is InChI=1S/C20H20FN3O/c1-13-4-9-16-17(11-13)23-20(22-16)18-3-2-10-24(18)19(25)12-14-5-7-15(21)8-6-14/h4-9,11,18H,2-3,10,12H2,1H3,(H,22,23)/t18-/m1/s1. The molecule has 1 fully saturated rings. The molecule has 1 amide bonds. The number of H-pyrrole nitrogens is 1. The van der Waals surface area contributed by atoms with Crippen LogP contribution in [0.1, 0.15) is 35.8 Å². The Kier molecular flexibility index (Phi) is 3.99. The predicted octanol–water partition coefficient (Wildman–Crippen LogP) is 3.92. The summed E-state index contributed by atoms with van der Waals surface area (Å²) >= 11 is 0. The van der Waals surface area contributed by atoms with Gasteiger partial charge in [-0.3, -0.25) is 4.79 Å². The molecule has 1 aromatic heterocycles. The average Bonchev–Trinajstić information content (AvgIpc) is 3.22. The topological polar surface area (TPSA) is 49.0 Å². The van der Waals surface area contributed by atoms with Gasteiger partial charge in [-0.25, -0.2) is 9.37 Å². The van der Waals surface area contributed by atoms with Crippen LogP contribution in [-0.4, -0.2) is 27.3 Å². The smallest absolute Gasteiger partial charge is 0.227 e. The van der Waals surface area contributed by atoms with E-state index in [2.05, 4.69) is 16.0 Å². The molecule has 0 saturated carbocycles. The van der Waals surface area contributed by atoms with Gasteiger partial charge in [0.2, 0.25) is 5.91 Å². The molecule has 1 aliphatic heterocycles. The van der Waals surface area contributed by atoms with E-state index in [1.165, 1.54) is 17.7 Å². The highest BCUT2D eigenvalue weighted by molar-refractivity contribution is 5.80. The third kappa shape index (κ3) is 3.14. The van der Waals surface area contributed by atoms with Crippen LogP contribution in [0.25, 0.3) is 11.0 Å². The number of aromatic nitrogens is 2. The molecule has 0 unspecified atom stereocenters. The maximum absolute atomic E-state index is 13.0. The Morgan fingerprint density at radius 1 is 1.28 bits per heavy atom. The summed E-state index contributed by atoms with van der Waals surface area (Å²) in [7, 11) is 0. The van der Waals surface area contributed by atoms with Crippen molar-refractivity contribution in [2.75, 3.05) is 6.54 Å². The third-order valence-corrected chi connectivity index (χ3v) is 4.81. The number of carbonyl (C=O) groups is 1. The van der Waals surface area contributed by atoms with Gasteiger partial charge in [-0.1, -0.05) is 18.2 Å². The molecule has 5 heteroatoms. The quantitative estimate of drug-likeness (QED) is 0.787. The van der Waals surface area contributed by atoms with E-state index in [1.807, 2.05) is 24.0 Å². The Hall–Kier alpha value is -2.69. The summed E-state index contributed by atoms with van der Waals surface area (Å²) in [5.41, 5.74) is 3.95. The van der Waals surface area contributed by atoms with E-state index < -0.39 is 0 Å². The van der Waals surface area contributed by atoms with Gasteiger partial charge in [0.25, 0.3) is 0 Å². The number of fused-ring (bicyclic) bond motifs is 1. The molecule has 0 bridgehead atoms. The van der Waals surface area contributed by atoms with E-state index in [-0.39, 0.29) is 24.2 Å². The lowest BCUT2D eigenvalue weighted by Gasteiger charge is -2.23. The Labute approximate surface area is 145 Å². The lowest BCUT2D eigenvalue weighted by atomic mass is 10.1. The molecule has 0 radical (unpaired) electrons. The summed E-state index contributed by atoms with van der Waals surface area (Å²) in [6.45, 7) is 2.79. The van der Waals surface area contributed by atoms with Gasteiger partial charge in [0.05, 0.1) is 23.5 Å². The van der Waals surface area contributed by atoms with Gasteiger partial charge in [0.1, 0.15) is 11.6 Å². The van der Waals surface area contributed by atoms with Gasteiger partial charge < -0.3 is 9.88 Å². The van der Waals surface area contributed by atoms with Gasteiger partial charge in [0.15, 0.2) is 0 Å². The summed E-state index contributed by atoms with van der Waals surface area (Å²) in [6.07, 6.45) is 2.17. The van der Waals surface area contributed by atoms with Crippen molar-refractivity contribution in [3.05, 3.63) is 65.2 Å². The van der Waals surface area contributed by atoms with Gasteiger partial charge in [-0.15, -0.1) is 0 Å². The normalized spacial score (nSPS) is 17.4. The van der Waals surface area contributed by atoms with Gasteiger partial charge in [0, 0.05) is 6.54 Å².